The molecule has 1 aliphatic heterocycles. The summed E-state index contributed by atoms with van der Waals surface area (Å²) in [5.41, 5.74) is 15.4. The maximum Gasteiger partial charge on any atom is 0.134 e. The van der Waals surface area contributed by atoms with Gasteiger partial charge >= 0.3 is 0 Å². The van der Waals surface area contributed by atoms with Gasteiger partial charge in [0.1, 0.15) is 11.5 Å². The fraction of sp³-hybridized carbons (Fsp3) is 0.0741. The van der Waals surface area contributed by atoms with Gasteiger partial charge in [0, 0.05) is 39.7 Å². The molecule has 1 unspecified atom stereocenters. The van der Waals surface area contributed by atoms with Crippen LogP contribution in [0, 0.1) is 0 Å². The van der Waals surface area contributed by atoms with Crippen LogP contribution in [0.4, 0.5) is 17.1 Å². The average molecular weight is 716 g/mol. The predicted molar refractivity (Wildman–Crippen MR) is 231 cm³/mol. The lowest BCUT2D eigenvalue weighted by Gasteiger charge is -2.45. The van der Waals surface area contributed by atoms with Crippen LogP contribution in [0.5, 0.6) is 11.5 Å². The molecule has 264 valence electrons. The molecule has 0 fully saturated rings. The Hall–Kier alpha value is -6.90. The highest BCUT2D eigenvalue weighted by Crippen LogP contribution is 2.62. The number of para-hydroxylation sites is 1. The van der Waals surface area contributed by atoms with E-state index in [9.17, 15) is 0 Å². The first-order valence-electron chi connectivity index (χ1n) is 19.6. The number of rotatable bonds is 3. The molecule has 0 bridgehead atoms. The minimum atomic E-state index is -0.579. The van der Waals surface area contributed by atoms with E-state index in [1.807, 2.05) is 0 Å². The van der Waals surface area contributed by atoms with Gasteiger partial charge in [-0.3, -0.25) is 0 Å². The average Bonchev–Trinajstić information content (AvgIpc) is 3.47. The molecule has 9 aromatic rings. The van der Waals surface area contributed by atoms with E-state index in [4.69, 9.17) is 4.74 Å². The van der Waals surface area contributed by atoms with E-state index < -0.39 is 5.41 Å². The fourth-order valence-corrected chi connectivity index (χ4v) is 10.4. The van der Waals surface area contributed by atoms with Gasteiger partial charge in [0.15, 0.2) is 0 Å². The minimum absolute atomic E-state index is 0.127. The summed E-state index contributed by atoms with van der Waals surface area (Å²) in [5.74, 6) is 1.75. The van der Waals surface area contributed by atoms with Crippen molar-refractivity contribution in [2.24, 2.45) is 0 Å². The Kier molecular flexibility index (Phi) is 6.36. The monoisotopic (exact) mass is 715 g/mol. The zero-order valence-electron chi connectivity index (χ0n) is 31.3. The highest BCUT2D eigenvalue weighted by atomic mass is 16.5. The summed E-state index contributed by atoms with van der Waals surface area (Å²) >= 11 is 0. The molecule has 0 N–H and O–H groups in total. The van der Waals surface area contributed by atoms with Gasteiger partial charge in [-0.2, -0.15) is 0 Å². The van der Waals surface area contributed by atoms with E-state index in [0.717, 1.165) is 34.1 Å². The Morgan fingerprint density at radius 1 is 0.357 bits per heavy atom. The number of benzene rings is 9. The van der Waals surface area contributed by atoms with Gasteiger partial charge in [-0.1, -0.05) is 159 Å². The van der Waals surface area contributed by atoms with E-state index >= 15 is 0 Å². The van der Waals surface area contributed by atoms with E-state index in [2.05, 4.69) is 207 Å². The van der Waals surface area contributed by atoms with Gasteiger partial charge in [-0.15, -0.1) is 0 Å². The van der Waals surface area contributed by atoms with Crippen molar-refractivity contribution in [3.8, 4) is 33.8 Å². The Labute approximate surface area is 326 Å². The van der Waals surface area contributed by atoms with Gasteiger partial charge in [0.25, 0.3) is 0 Å². The van der Waals surface area contributed by atoms with Crippen LogP contribution < -0.4 is 9.64 Å². The van der Waals surface area contributed by atoms with Crippen molar-refractivity contribution in [3.63, 3.8) is 0 Å². The second-order valence-corrected chi connectivity index (χ2v) is 16.1. The molecule has 0 radical (unpaired) electrons. The Morgan fingerprint density at radius 3 is 1.77 bits per heavy atom. The Morgan fingerprint density at radius 2 is 0.911 bits per heavy atom. The molecule has 0 saturated heterocycles. The molecule has 56 heavy (non-hydrogen) atoms. The van der Waals surface area contributed by atoms with Gasteiger partial charge in [0.05, 0.1) is 5.41 Å². The molecule has 12 rings (SSSR count). The van der Waals surface area contributed by atoms with Crippen molar-refractivity contribution in [2.75, 3.05) is 4.90 Å². The highest BCUT2D eigenvalue weighted by Gasteiger charge is 2.49. The first-order valence-corrected chi connectivity index (χ1v) is 19.6. The van der Waals surface area contributed by atoms with E-state index in [1.165, 1.54) is 71.6 Å². The number of nitrogens with zero attached hydrogens (tertiary/aromatic N) is 1. The normalized spacial score (nSPS) is 16.4. The first kappa shape index (κ1) is 31.5. The zero-order chi connectivity index (χ0) is 37.2. The molecule has 0 saturated carbocycles. The lowest BCUT2D eigenvalue weighted by molar-refractivity contribution is 0.435. The van der Waals surface area contributed by atoms with Gasteiger partial charge in [0.2, 0.25) is 0 Å². The second-order valence-electron chi connectivity index (χ2n) is 16.1. The summed E-state index contributed by atoms with van der Waals surface area (Å²) < 4.78 is 7.06. The zero-order valence-corrected chi connectivity index (χ0v) is 31.3. The summed E-state index contributed by atoms with van der Waals surface area (Å²) in [6.45, 7) is 4.71. The van der Waals surface area contributed by atoms with Crippen LogP contribution in [-0.2, 0) is 10.8 Å². The van der Waals surface area contributed by atoms with Crippen LogP contribution in [0.25, 0.3) is 43.8 Å². The van der Waals surface area contributed by atoms with Crippen LogP contribution in [0.15, 0.2) is 188 Å². The van der Waals surface area contributed by atoms with E-state index in [-0.39, 0.29) is 5.41 Å². The third kappa shape index (κ3) is 4.11. The van der Waals surface area contributed by atoms with Crippen LogP contribution in [0.3, 0.4) is 0 Å². The molecule has 1 atom stereocenters. The van der Waals surface area contributed by atoms with Gasteiger partial charge in [-0.05, 0) is 102 Å². The summed E-state index contributed by atoms with van der Waals surface area (Å²) in [6, 6.07) is 69.4. The predicted octanol–water partition coefficient (Wildman–Crippen LogP) is 14.2. The topological polar surface area (TPSA) is 12.5 Å². The summed E-state index contributed by atoms with van der Waals surface area (Å²) in [7, 11) is 0. The number of ether oxygens (including phenoxy) is 1. The molecule has 0 amide bonds. The summed E-state index contributed by atoms with van der Waals surface area (Å²) in [4.78, 5) is 2.41. The lowest BCUT2D eigenvalue weighted by Crippen LogP contribution is -2.36. The largest absolute Gasteiger partial charge is 0.457 e. The van der Waals surface area contributed by atoms with Crippen molar-refractivity contribution in [2.45, 2.75) is 24.7 Å². The molecule has 1 heterocycles. The van der Waals surface area contributed by atoms with Crippen molar-refractivity contribution >= 4 is 38.6 Å². The quantitative estimate of drug-likeness (QED) is 0.181. The van der Waals surface area contributed by atoms with Crippen LogP contribution in [-0.4, -0.2) is 0 Å². The number of fused-ring (bicyclic) bond motifs is 12. The summed E-state index contributed by atoms with van der Waals surface area (Å²) in [5, 5.41) is 4.98. The van der Waals surface area contributed by atoms with Crippen molar-refractivity contribution < 1.29 is 4.74 Å². The summed E-state index contributed by atoms with van der Waals surface area (Å²) in [6.07, 6.45) is 0. The number of hydrogen-bond acceptors (Lipinski definition) is 2. The SMILES string of the molecule is CC1(C)c2ccccc2-c2ccc(N(c3ccc4c(c3)Oc3ccccc3C43c4ccccc4-c4cccc5cccc3c45)c3ccc4ccccc4c3)cc21. The van der Waals surface area contributed by atoms with Crippen molar-refractivity contribution in [1.29, 1.82) is 0 Å². The van der Waals surface area contributed by atoms with E-state index in [1.54, 1.807) is 0 Å². The van der Waals surface area contributed by atoms with Crippen LogP contribution in [0.2, 0.25) is 0 Å². The smallest absolute Gasteiger partial charge is 0.134 e. The molecule has 2 heteroatoms. The number of hydrogen-bond donors (Lipinski definition) is 0. The van der Waals surface area contributed by atoms with E-state index in [0.29, 0.717) is 0 Å². The minimum Gasteiger partial charge on any atom is -0.457 e. The Bertz CT molecular complexity index is 3110. The maximum absolute atomic E-state index is 7.06. The fourth-order valence-electron chi connectivity index (χ4n) is 10.4. The standard InChI is InChI=1S/C54H37NO/c1-53(2)44-20-7-5-17-40(44)42-29-27-38(32-49(42)53)55(37-26-25-34-13-3-4-14-36(34)31-37)39-28-30-47-51(33-39)56-50-24-10-9-22-46(50)54(47)45-21-8-6-18-41(45)43-19-11-15-35-16-12-23-48(54)52(35)43/h3-33H,1-2H3. The second kappa shape index (κ2) is 11.3. The van der Waals surface area contributed by atoms with Gasteiger partial charge < -0.3 is 9.64 Å². The molecule has 0 aromatic heterocycles. The molecule has 9 aromatic carbocycles. The molecule has 3 aliphatic rings. The Balaban J connectivity index is 1.12. The van der Waals surface area contributed by atoms with Gasteiger partial charge in [-0.25, -0.2) is 0 Å². The third-order valence-electron chi connectivity index (χ3n) is 12.9. The molecule has 2 aliphatic carbocycles. The number of anilines is 3. The molecular weight excluding hydrogens is 679 g/mol. The molecule has 1 spiro atoms. The molecule has 2 nitrogen and oxygen atoms in total. The highest BCUT2D eigenvalue weighted by molar-refractivity contribution is 6.05. The lowest BCUT2D eigenvalue weighted by atomic mass is 9.58. The maximum atomic E-state index is 7.06. The third-order valence-corrected chi connectivity index (χ3v) is 12.9. The molecular formula is C54H37NO. The first-order chi connectivity index (χ1) is 27.5. The van der Waals surface area contributed by atoms with Crippen LogP contribution in [0.1, 0.15) is 47.2 Å². The van der Waals surface area contributed by atoms with Crippen molar-refractivity contribution in [1.82, 2.24) is 0 Å². The van der Waals surface area contributed by atoms with Crippen molar-refractivity contribution in [3.05, 3.63) is 221 Å². The van der Waals surface area contributed by atoms with Crippen LogP contribution >= 0.6 is 0 Å².